The van der Waals surface area contributed by atoms with Gasteiger partial charge in [0, 0.05) is 26.3 Å². The van der Waals surface area contributed by atoms with Crippen molar-refractivity contribution in [2.45, 2.75) is 45.8 Å². The molecule has 2 rings (SSSR count). The van der Waals surface area contributed by atoms with E-state index in [0.717, 1.165) is 5.69 Å². The van der Waals surface area contributed by atoms with Gasteiger partial charge in [0.1, 0.15) is 23.9 Å². The maximum Gasteiger partial charge on any atom is 0.219 e. The summed E-state index contributed by atoms with van der Waals surface area (Å²) in [6, 6.07) is 10.4. The van der Waals surface area contributed by atoms with Gasteiger partial charge < -0.3 is 29.6 Å². The Hall–Kier alpha value is -3.64. The van der Waals surface area contributed by atoms with E-state index in [-0.39, 0.29) is 11.6 Å². The summed E-state index contributed by atoms with van der Waals surface area (Å²) in [6.07, 6.45) is 3.58. The Morgan fingerprint density at radius 2 is 1.85 bits per heavy atom. The molecule has 0 saturated heterocycles. The average molecular weight is 459 g/mol. The molecule has 1 aromatic heterocycles. The number of anilines is 1. The molecule has 0 radical (unpaired) electrons. The smallest absolute Gasteiger partial charge is 0.219 e. The fourth-order valence-electron chi connectivity index (χ4n) is 1.88. The number of aldehydes is 1. The number of amides is 1. The lowest BCUT2D eigenvalue weighted by Gasteiger charge is -2.14. The number of nitrogens with zero attached hydrogens (tertiary/aromatic N) is 2. The highest BCUT2D eigenvalue weighted by Crippen LogP contribution is 2.27. The van der Waals surface area contributed by atoms with Crippen molar-refractivity contribution in [1.29, 1.82) is 5.26 Å². The first-order valence-electron chi connectivity index (χ1n) is 10.3. The molecule has 180 valence electrons. The van der Waals surface area contributed by atoms with Gasteiger partial charge in [-0.2, -0.15) is 5.26 Å². The van der Waals surface area contributed by atoms with Gasteiger partial charge >= 0.3 is 0 Å². The lowest BCUT2D eigenvalue weighted by atomic mass is 10.2. The Morgan fingerprint density at radius 3 is 2.21 bits per heavy atom. The van der Waals surface area contributed by atoms with Gasteiger partial charge in [0.2, 0.25) is 12.3 Å². The van der Waals surface area contributed by atoms with Crippen molar-refractivity contribution in [3.05, 3.63) is 42.1 Å². The number of rotatable bonds is 8. The number of pyridine rings is 1. The van der Waals surface area contributed by atoms with E-state index in [1.807, 2.05) is 46.9 Å². The number of ether oxygens (including phenoxy) is 3. The minimum Gasteiger partial charge on any atom is -0.495 e. The van der Waals surface area contributed by atoms with Crippen LogP contribution in [0.5, 0.6) is 17.4 Å². The molecule has 0 aliphatic rings. The molecule has 1 heterocycles. The highest BCUT2D eigenvalue weighted by atomic mass is 16.5. The van der Waals surface area contributed by atoms with Crippen LogP contribution in [-0.4, -0.2) is 50.6 Å². The molecule has 0 spiro atoms. The molecular formula is C24H34N4O5. The van der Waals surface area contributed by atoms with Crippen molar-refractivity contribution >= 4 is 18.4 Å². The highest BCUT2D eigenvalue weighted by Gasteiger charge is 2.06. The van der Waals surface area contributed by atoms with Crippen LogP contribution in [-0.2, 0) is 14.3 Å². The van der Waals surface area contributed by atoms with Crippen molar-refractivity contribution < 1.29 is 23.8 Å². The Labute approximate surface area is 196 Å². The van der Waals surface area contributed by atoms with Crippen LogP contribution in [0.4, 0.5) is 5.69 Å². The second-order valence-electron chi connectivity index (χ2n) is 7.46. The first-order valence-corrected chi connectivity index (χ1v) is 10.3. The van der Waals surface area contributed by atoms with E-state index in [0.29, 0.717) is 42.1 Å². The van der Waals surface area contributed by atoms with Crippen molar-refractivity contribution in [2.75, 3.05) is 26.6 Å². The quantitative estimate of drug-likeness (QED) is 0.570. The zero-order chi connectivity index (χ0) is 25.3. The largest absolute Gasteiger partial charge is 0.495 e. The van der Waals surface area contributed by atoms with E-state index >= 15 is 0 Å². The second kappa shape index (κ2) is 16.1. The summed E-state index contributed by atoms with van der Waals surface area (Å²) in [5.74, 6) is 1.53. The molecule has 1 atom stereocenters. The first-order chi connectivity index (χ1) is 15.7. The molecular weight excluding hydrogens is 424 g/mol. The third kappa shape index (κ3) is 12.7. The molecule has 33 heavy (non-hydrogen) atoms. The van der Waals surface area contributed by atoms with Crippen molar-refractivity contribution in [3.63, 3.8) is 0 Å². The SMILES string of the molecule is CCC(C=O)NC=O.CNc1ccc(Oc2ccc(C#N)c(OC)c2)nc1.COC(C)(C)C. The maximum absolute atomic E-state index is 9.90. The van der Waals surface area contributed by atoms with Crippen molar-refractivity contribution in [1.82, 2.24) is 10.3 Å². The molecule has 1 aromatic carbocycles. The van der Waals surface area contributed by atoms with Crippen LogP contribution in [0.3, 0.4) is 0 Å². The van der Waals surface area contributed by atoms with Gasteiger partial charge in [-0.3, -0.25) is 4.79 Å². The van der Waals surface area contributed by atoms with Gasteiger partial charge in [-0.05, 0) is 45.4 Å². The van der Waals surface area contributed by atoms with Crippen molar-refractivity contribution in [3.8, 4) is 23.4 Å². The van der Waals surface area contributed by atoms with Crippen LogP contribution >= 0.6 is 0 Å². The number of methoxy groups -OCH3 is 2. The van der Waals surface area contributed by atoms with Gasteiger partial charge in [-0.15, -0.1) is 0 Å². The number of benzene rings is 1. The summed E-state index contributed by atoms with van der Waals surface area (Å²) in [4.78, 5) is 23.7. The number of carbonyl (C=O) groups excluding carboxylic acids is 2. The van der Waals surface area contributed by atoms with Gasteiger partial charge in [0.05, 0.1) is 36.2 Å². The third-order valence-electron chi connectivity index (χ3n) is 4.04. The Balaban J connectivity index is 0.000000606. The monoisotopic (exact) mass is 458 g/mol. The van der Waals surface area contributed by atoms with E-state index in [9.17, 15) is 9.59 Å². The maximum atomic E-state index is 9.90. The number of hydrogen-bond acceptors (Lipinski definition) is 8. The zero-order valence-electron chi connectivity index (χ0n) is 20.3. The molecule has 2 aromatic rings. The molecule has 0 bridgehead atoms. The Kier molecular flexibility index (Phi) is 14.3. The molecule has 0 aliphatic heterocycles. The van der Waals surface area contributed by atoms with Crippen LogP contribution < -0.4 is 20.1 Å². The summed E-state index contributed by atoms with van der Waals surface area (Å²) in [5, 5.41) is 14.2. The molecule has 0 saturated carbocycles. The Morgan fingerprint density at radius 1 is 1.18 bits per heavy atom. The summed E-state index contributed by atoms with van der Waals surface area (Å²) >= 11 is 0. The summed E-state index contributed by atoms with van der Waals surface area (Å²) in [7, 11) is 5.04. The predicted molar refractivity (Wildman–Crippen MR) is 128 cm³/mol. The standard InChI is InChI=1S/C14H13N3O2.C5H9NO2.C5H12O/c1-16-11-4-6-14(17-9-11)19-12-5-3-10(8-15)13(7-12)18-2;1-2-5(3-7)6-4-8;1-5(2,3)6-4/h3-7,9,16H,1-2H3;3-5H,2H2,1H3,(H,6,8);1-4H3. The topological polar surface area (TPSA) is 123 Å². The van der Waals surface area contributed by atoms with Crippen LogP contribution in [0.2, 0.25) is 0 Å². The summed E-state index contributed by atoms with van der Waals surface area (Å²) < 4.78 is 15.6. The van der Waals surface area contributed by atoms with E-state index < -0.39 is 0 Å². The van der Waals surface area contributed by atoms with Crippen molar-refractivity contribution in [2.24, 2.45) is 0 Å². The number of carbonyl (C=O) groups is 2. The van der Waals surface area contributed by atoms with Crippen LogP contribution in [0.15, 0.2) is 36.5 Å². The predicted octanol–water partition coefficient (Wildman–Crippen LogP) is 3.94. The normalized spacial score (nSPS) is 10.6. The third-order valence-corrected chi connectivity index (χ3v) is 4.04. The first kappa shape index (κ1) is 29.4. The minimum atomic E-state index is -0.299. The molecule has 9 heteroatoms. The second-order valence-corrected chi connectivity index (χ2v) is 7.46. The molecule has 0 aliphatic carbocycles. The molecule has 0 fully saturated rings. The number of nitrogens with one attached hydrogen (secondary N) is 2. The number of hydrogen-bond donors (Lipinski definition) is 2. The number of aromatic nitrogens is 1. The van der Waals surface area contributed by atoms with E-state index in [1.54, 1.807) is 37.6 Å². The van der Waals surface area contributed by atoms with E-state index in [1.165, 1.54) is 7.11 Å². The van der Waals surface area contributed by atoms with Gasteiger partial charge in [0.25, 0.3) is 0 Å². The van der Waals surface area contributed by atoms with Gasteiger partial charge in [0.15, 0.2) is 0 Å². The summed E-state index contributed by atoms with van der Waals surface area (Å²) in [6.45, 7) is 7.89. The van der Waals surface area contributed by atoms with Crippen LogP contribution in [0.25, 0.3) is 0 Å². The highest BCUT2D eigenvalue weighted by molar-refractivity contribution is 5.63. The van der Waals surface area contributed by atoms with Crippen LogP contribution in [0.1, 0.15) is 39.7 Å². The summed E-state index contributed by atoms with van der Waals surface area (Å²) in [5.41, 5.74) is 1.41. The van der Waals surface area contributed by atoms with Gasteiger partial charge in [-0.1, -0.05) is 6.92 Å². The van der Waals surface area contributed by atoms with Crippen LogP contribution in [0, 0.1) is 11.3 Å². The van der Waals surface area contributed by atoms with E-state index in [4.69, 9.17) is 19.5 Å². The molecule has 1 unspecified atom stereocenters. The molecule has 2 N–H and O–H groups in total. The minimum absolute atomic E-state index is 0.0417. The van der Waals surface area contributed by atoms with E-state index in [2.05, 4.69) is 15.6 Å². The lowest BCUT2D eigenvalue weighted by molar-refractivity contribution is -0.115. The fourth-order valence-corrected chi connectivity index (χ4v) is 1.88. The fraction of sp³-hybridized carbons (Fsp3) is 0.417. The molecule has 1 amide bonds. The molecule has 9 nitrogen and oxygen atoms in total. The lowest BCUT2D eigenvalue weighted by Crippen LogP contribution is -2.27. The Bertz CT molecular complexity index is 874. The zero-order valence-corrected chi connectivity index (χ0v) is 20.3. The van der Waals surface area contributed by atoms with Gasteiger partial charge in [-0.25, -0.2) is 4.98 Å². The number of nitriles is 1. The average Bonchev–Trinajstić information content (AvgIpc) is 2.83.